The van der Waals surface area contributed by atoms with Crippen molar-refractivity contribution in [3.05, 3.63) is 83.7 Å². The van der Waals surface area contributed by atoms with Gasteiger partial charge in [-0.2, -0.15) is 0 Å². The van der Waals surface area contributed by atoms with Crippen molar-refractivity contribution in [3.63, 3.8) is 0 Å². The molecule has 0 aliphatic carbocycles. The van der Waals surface area contributed by atoms with Crippen molar-refractivity contribution in [2.24, 2.45) is 0 Å². The van der Waals surface area contributed by atoms with Gasteiger partial charge < -0.3 is 18.8 Å². The zero-order chi connectivity index (χ0) is 24.5. The minimum absolute atomic E-state index is 0.0382. The molecule has 0 bridgehead atoms. The summed E-state index contributed by atoms with van der Waals surface area (Å²) < 4.78 is 15.9. The predicted octanol–water partition coefficient (Wildman–Crippen LogP) is 5.28. The maximum Gasteiger partial charge on any atom is 0.355 e. The van der Waals surface area contributed by atoms with E-state index in [1.807, 2.05) is 12.1 Å². The first-order valence-electron chi connectivity index (χ1n) is 10.8. The second-order valence-electron chi connectivity index (χ2n) is 8.81. The van der Waals surface area contributed by atoms with Crippen molar-refractivity contribution >= 4 is 28.7 Å². The van der Waals surface area contributed by atoms with Crippen LogP contribution in [0.1, 0.15) is 26.3 Å². The van der Waals surface area contributed by atoms with Gasteiger partial charge in [0.05, 0.1) is 19.8 Å². The van der Waals surface area contributed by atoms with E-state index in [1.54, 1.807) is 41.5 Å². The zero-order valence-corrected chi connectivity index (χ0v) is 19.8. The molecule has 34 heavy (non-hydrogen) atoms. The van der Waals surface area contributed by atoms with Crippen LogP contribution in [0.15, 0.2) is 82.6 Å². The van der Waals surface area contributed by atoms with E-state index in [9.17, 15) is 9.59 Å². The number of benzene rings is 2. The summed E-state index contributed by atoms with van der Waals surface area (Å²) in [4.78, 5) is 31.2. The van der Waals surface area contributed by atoms with E-state index in [2.05, 4.69) is 37.9 Å². The molecule has 1 aromatic heterocycles. The number of oxazole rings is 1. The molecule has 0 atom stereocenters. The number of aromatic nitrogens is 1. The fraction of sp³-hybridized carbons (Fsp3) is 0.222. The molecule has 2 aromatic carbocycles. The van der Waals surface area contributed by atoms with Crippen LogP contribution in [0.3, 0.4) is 0 Å². The summed E-state index contributed by atoms with van der Waals surface area (Å²) in [6, 6.07) is 13.5. The highest BCUT2D eigenvalue weighted by atomic mass is 16.5. The lowest BCUT2D eigenvalue weighted by atomic mass is 9.87. The van der Waals surface area contributed by atoms with Gasteiger partial charge in [0.25, 0.3) is 0 Å². The quantitative estimate of drug-likeness (QED) is 0.492. The van der Waals surface area contributed by atoms with E-state index in [0.717, 1.165) is 5.56 Å². The van der Waals surface area contributed by atoms with Crippen molar-refractivity contribution in [1.29, 1.82) is 0 Å². The van der Waals surface area contributed by atoms with E-state index in [1.165, 1.54) is 25.9 Å². The van der Waals surface area contributed by atoms with Crippen LogP contribution in [0.25, 0.3) is 22.6 Å². The number of anilines is 1. The summed E-state index contributed by atoms with van der Waals surface area (Å²) >= 11 is 0. The molecule has 7 heteroatoms. The number of hydrogen-bond acceptors (Lipinski definition) is 7. The number of methoxy groups -OCH3 is 2. The number of nitrogens with zero attached hydrogens (tertiary/aromatic N) is 2. The molecule has 0 amide bonds. The molecule has 0 saturated carbocycles. The maximum atomic E-state index is 12.7. The molecule has 0 fully saturated rings. The highest BCUT2D eigenvalue weighted by Gasteiger charge is 2.28. The normalized spacial score (nSPS) is 13.9. The summed E-state index contributed by atoms with van der Waals surface area (Å²) in [5.74, 6) is -0.819. The Morgan fingerprint density at radius 2 is 1.65 bits per heavy atom. The van der Waals surface area contributed by atoms with Crippen LogP contribution in [0.2, 0.25) is 0 Å². The van der Waals surface area contributed by atoms with E-state index in [0.29, 0.717) is 22.7 Å². The number of fused-ring (bicyclic) bond motifs is 1. The SMILES string of the molecule is COC(=O)C1=C(C(=O)OC)N(c2ccc3nc(-c4ccc(C(C)(C)C)cc4)oc3c2)C=CC=C1. The van der Waals surface area contributed by atoms with E-state index in [4.69, 9.17) is 13.9 Å². The van der Waals surface area contributed by atoms with Gasteiger partial charge in [0.2, 0.25) is 5.89 Å². The van der Waals surface area contributed by atoms with Gasteiger partial charge in [0, 0.05) is 23.5 Å². The Balaban J connectivity index is 1.76. The topological polar surface area (TPSA) is 81.9 Å². The van der Waals surface area contributed by atoms with Crippen molar-refractivity contribution in [3.8, 4) is 11.5 Å². The molecule has 174 valence electrons. The Labute approximate surface area is 198 Å². The minimum atomic E-state index is -0.672. The first kappa shape index (κ1) is 23.0. The van der Waals surface area contributed by atoms with Crippen LogP contribution in [-0.4, -0.2) is 31.1 Å². The molecule has 2 heterocycles. The minimum Gasteiger partial charge on any atom is -0.465 e. The Bertz CT molecular complexity index is 1340. The van der Waals surface area contributed by atoms with Gasteiger partial charge in [0.15, 0.2) is 5.58 Å². The lowest BCUT2D eigenvalue weighted by molar-refractivity contribution is -0.139. The highest BCUT2D eigenvalue weighted by Crippen LogP contribution is 2.32. The molecule has 0 spiro atoms. The number of ether oxygens (including phenoxy) is 2. The van der Waals surface area contributed by atoms with Crippen molar-refractivity contribution < 1.29 is 23.5 Å². The molecule has 0 unspecified atom stereocenters. The third-order valence-corrected chi connectivity index (χ3v) is 5.54. The number of carbonyl (C=O) groups excluding carboxylic acids is 2. The number of allylic oxidation sites excluding steroid dienone is 2. The molecule has 0 N–H and O–H groups in total. The van der Waals surface area contributed by atoms with Gasteiger partial charge in [-0.1, -0.05) is 39.0 Å². The number of rotatable bonds is 4. The van der Waals surface area contributed by atoms with Crippen molar-refractivity contribution in [2.75, 3.05) is 19.1 Å². The van der Waals surface area contributed by atoms with Gasteiger partial charge in [0.1, 0.15) is 11.2 Å². The molecule has 1 aliphatic rings. The number of esters is 2. The average Bonchev–Trinajstić information content (AvgIpc) is 3.13. The smallest absolute Gasteiger partial charge is 0.355 e. The van der Waals surface area contributed by atoms with E-state index in [-0.39, 0.29) is 16.7 Å². The highest BCUT2D eigenvalue weighted by molar-refractivity contribution is 6.05. The molecule has 0 radical (unpaired) electrons. The molecule has 0 saturated heterocycles. The third-order valence-electron chi connectivity index (χ3n) is 5.54. The molecule has 3 aromatic rings. The first-order valence-corrected chi connectivity index (χ1v) is 10.8. The van der Waals surface area contributed by atoms with Crippen LogP contribution in [0.5, 0.6) is 0 Å². The van der Waals surface area contributed by atoms with Crippen LogP contribution in [-0.2, 0) is 24.5 Å². The van der Waals surface area contributed by atoms with Crippen LogP contribution in [0.4, 0.5) is 5.69 Å². The van der Waals surface area contributed by atoms with Gasteiger partial charge in [-0.15, -0.1) is 0 Å². The molecule has 7 nitrogen and oxygen atoms in total. The average molecular weight is 459 g/mol. The van der Waals surface area contributed by atoms with Gasteiger partial charge in [-0.05, 0) is 47.4 Å². The predicted molar refractivity (Wildman–Crippen MR) is 130 cm³/mol. The number of hydrogen-bond donors (Lipinski definition) is 0. The molecular weight excluding hydrogens is 432 g/mol. The number of carbonyl (C=O) groups is 2. The monoisotopic (exact) mass is 458 g/mol. The van der Waals surface area contributed by atoms with E-state index < -0.39 is 11.9 Å². The second kappa shape index (κ2) is 9.02. The standard InChI is InChI=1S/C27H26N2O5/c1-27(2,3)18-11-9-17(10-12-18)24-28-21-14-13-19(16-22(21)34-24)29-15-7-6-8-20(25(30)32-4)23(29)26(31)33-5/h6-16H,1-5H3. The lowest BCUT2D eigenvalue weighted by Gasteiger charge is -2.22. The maximum absolute atomic E-state index is 12.7. The molecule has 1 aliphatic heterocycles. The Hall–Kier alpha value is -4.13. The van der Waals surface area contributed by atoms with E-state index >= 15 is 0 Å². The van der Waals surface area contributed by atoms with Gasteiger partial charge in [-0.25, -0.2) is 14.6 Å². The largest absolute Gasteiger partial charge is 0.465 e. The Morgan fingerprint density at radius 1 is 0.941 bits per heavy atom. The Kier molecular flexibility index (Phi) is 6.11. The lowest BCUT2D eigenvalue weighted by Crippen LogP contribution is -2.26. The van der Waals surface area contributed by atoms with Crippen LogP contribution < -0.4 is 4.90 Å². The summed E-state index contributed by atoms with van der Waals surface area (Å²) in [6.45, 7) is 6.50. The Morgan fingerprint density at radius 3 is 2.29 bits per heavy atom. The van der Waals surface area contributed by atoms with Gasteiger partial charge >= 0.3 is 11.9 Å². The van der Waals surface area contributed by atoms with Crippen molar-refractivity contribution in [1.82, 2.24) is 4.98 Å². The van der Waals surface area contributed by atoms with Gasteiger partial charge in [-0.3, -0.25) is 0 Å². The van der Waals surface area contributed by atoms with Crippen LogP contribution in [0, 0.1) is 0 Å². The molecular formula is C27H26N2O5. The second-order valence-corrected chi connectivity index (χ2v) is 8.81. The fourth-order valence-corrected chi connectivity index (χ4v) is 3.67. The summed E-state index contributed by atoms with van der Waals surface area (Å²) in [6.07, 6.45) is 6.55. The summed E-state index contributed by atoms with van der Waals surface area (Å²) in [7, 11) is 2.52. The first-order chi connectivity index (χ1) is 16.2. The summed E-state index contributed by atoms with van der Waals surface area (Å²) in [5.41, 5.74) is 4.08. The van der Waals surface area contributed by atoms with Crippen molar-refractivity contribution in [2.45, 2.75) is 26.2 Å². The molecule has 4 rings (SSSR count). The third kappa shape index (κ3) is 4.37. The zero-order valence-electron chi connectivity index (χ0n) is 19.8. The van der Waals surface area contributed by atoms with Crippen LogP contribution >= 0.6 is 0 Å². The summed E-state index contributed by atoms with van der Waals surface area (Å²) in [5, 5.41) is 0. The fourth-order valence-electron chi connectivity index (χ4n) is 3.67.